The van der Waals surface area contributed by atoms with Crippen molar-refractivity contribution in [1.29, 1.82) is 0 Å². The number of hydrogen-bond acceptors (Lipinski definition) is 6. The van der Waals surface area contributed by atoms with Crippen molar-refractivity contribution in [3.05, 3.63) is 48.8 Å². The molecule has 0 radical (unpaired) electrons. The van der Waals surface area contributed by atoms with E-state index in [1.54, 1.807) is 11.1 Å². The molecular formula is C28H39N3O4. The van der Waals surface area contributed by atoms with Crippen molar-refractivity contribution in [1.82, 2.24) is 9.88 Å². The predicted molar refractivity (Wildman–Crippen MR) is 137 cm³/mol. The maximum atomic E-state index is 12.5. The van der Waals surface area contributed by atoms with Crippen LogP contribution in [-0.2, 0) is 4.74 Å². The van der Waals surface area contributed by atoms with Gasteiger partial charge in [0, 0.05) is 25.7 Å². The molecule has 190 valence electrons. The van der Waals surface area contributed by atoms with Gasteiger partial charge in [-0.2, -0.15) is 0 Å². The van der Waals surface area contributed by atoms with Crippen molar-refractivity contribution in [2.45, 2.75) is 64.5 Å². The minimum Gasteiger partial charge on any atom is -0.494 e. The number of anilines is 1. The van der Waals surface area contributed by atoms with Crippen LogP contribution in [0.25, 0.3) is 0 Å². The second-order valence-corrected chi connectivity index (χ2v) is 10.5. The maximum Gasteiger partial charge on any atom is 0.410 e. The second-order valence-electron chi connectivity index (χ2n) is 10.5. The van der Waals surface area contributed by atoms with Crippen LogP contribution in [0.4, 0.5) is 10.5 Å². The van der Waals surface area contributed by atoms with E-state index in [4.69, 9.17) is 14.2 Å². The van der Waals surface area contributed by atoms with Gasteiger partial charge >= 0.3 is 6.09 Å². The highest BCUT2D eigenvalue weighted by atomic mass is 16.6. The number of carbonyl (C=O) groups is 1. The summed E-state index contributed by atoms with van der Waals surface area (Å²) in [6, 6.07) is 12.1. The van der Waals surface area contributed by atoms with E-state index in [0.717, 1.165) is 69.0 Å². The smallest absolute Gasteiger partial charge is 0.410 e. The third kappa shape index (κ3) is 7.51. The van der Waals surface area contributed by atoms with Crippen molar-refractivity contribution in [2.24, 2.45) is 5.92 Å². The number of benzene rings is 1. The molecule has 2 aliphatic rings. The van der Waals surface area contributed by atoms with Crippen LogP contribution in [0, 0.1) is 5.92 Å². The predicted octanol–water partition coefficient (Wildman–Crippen LogP) is 5.55. The van der Waals surface area contributed by atoms with Crippen LogP contribution < -0.4 is 14.4 Å². The molecule has 1 amide bonds. The highest BCUT2D eigenvalue weighted by Gasteiger charge is 2.32. The Morgan fingerprint density at radius 2 is 1.77 bits per heavy atom. The first kappa shape index (κ1) is 25.1. The summed E-state index contributed by atoms with van der Waals surface area (Å²) in [6.45, 7) is 9.63. The molecule has 2 saturated heterocycles. The largest absolute Gasteiger partial charge is 0.494 e. The Hall–Kier alpha value is -2.96. The third-order valence-electron chi connectivity index (χ3n) is 6.66. The topological polar surface area (TPSA) is 64.1 Å². The first-order valence-electron chi connectivity index (χ1n) is 12.9. The highest BCUT2D eigenvalue weighted by molar-refractivity contribution is 5.69. The van der Waals surface area contributed by atoms with Gasteiger partial charge < -0.3 is 24.0 Å². The van der Waals surface area contributed by atoms with Crippen molar-refractivity contribution >= 4 is 11.8 Å². The monoisotopic (exact) mass is 481 g/mol. The van der Waals surface area contributed by atoms with E-state index in [0.29, 0.717) is 19.1 Å². The summed E-state index contributed by atoms with van der Waals surface area (Å²) in [5, 5.41) is 0. The summed E-state index contributed by atoms with van der Waals surface area (Å²) in [7, 11) is 0. The molecule has 1 unspecified atom stereocenters. The summed E-state index contributed by atoms with van der Waals surface area (Å²) >= 11 is 0. The Balaban J connectivity index is 1.22. The average molecular weight is 482 g/mol. The number of carbonyl (C=O) groups excluding carboxylic acids is 1. The average Bonchev–Trinajstić information content (AvgIpc) is 3.32. The Morgan fingerprint density at radius 3 is 2.51 bits per heavy atom. The zero-order valence-electron chi connectivity index (χ0n) is 21.3. The van der Waals surface area contributed by atoms with E-state index in [1.807, 2.05) is 57.3 Å². The Labute approximate surface area is 209 Å². The molecule has 1 atom stereocenters. The molecule has 2 aliphatic heterocycles. The standard InChI is InChI=1S/C28H39N3O4/c1-28(2,3)35-27(32)31-14-7-8-23(31)21-34-26-18-24(19-29-20-26)30-15-11-22(12-16-30)13-17-33-25-9-5-4-6-10-25/h4-6,9-10,18-20,22-23H,7-8,11-17,21H2,1-3H3. The number of piperidine rings is 1. The van der Waals surface area contributed by atoms with Gasteiger partial charge in [0.25, 0.3) is 0 Å². The number of rotatable bonds is 8. The zero-order valence-corrected chi connectivity index (χ0v) is 21.3. The molecule has 0 saturated carbocycles. The molecule has 7 nitrogen and oxygen atoms in total. The van der Waals surface area contributed by atoms with E-state index in [1.165, 1.54) is 0 Å². The lowest BCUT2D eigenvalue weighted by atomic mass is 9.94. The van der Waals surface area contributed by atoms with Gasteiger partial charge in [-0.1, -0.05) is 18.2 Å². The number of para-hydroxylation sites is 1. The van der Waals surface area contributed by atoms with E-state index >= 15 is 0 Å². The van der Waals surface area contributed by atoms with Crippen LogP contribution in [-0.4, -0.2) is 60.5 Å². The van der Waals surface area contributed by atoms with Crippen LogP contribution in [0.15, 0.2) is 48.8 Å². The summed E-state index contributed by atoms with van der Waals surface area (Å²) in [6.07, 6.45) is 8.68. The van der Waals surface area contributed by atoms with Gasteiger partial charge in [0.15, 0.2) is 0 Å². The van der Waals surface area contributed by atoms with Gasteiger partial charge in [-0.05, 0) is 70.9 Å². The van der Waals surface area contributed by atoms with Gasteiger partial charge in [-0.15, -0.1) is 0 Å². The molecule has 0 spiro atoms. The van der Waals surface area contributed by atoms with Gasteiger partial charge in [-0.25, -0.2) is 4.79 Å². The normalized spacial score (nSPS) is 19.0. The number of nitrogens with zero attached hydrogens (tertiary/aromatic N) is 3. The Bertz CT molecular complexity index is 939. The van der Waals surface area contributed by atoms with E-state index in [9.17, 15) is 4.79 Å². The summed E-state index contributed by atoms with van der Waals surface area (Å²) in [5.41, 5.74) is 0.600. The maximum absolute atomic E-state index is 12.5. The van der Waals surface area contributed by atoms with E-state index < -0.39 is 5.60 Å². The second kappa shape index (κ2) is 11.6. The highest BCUT2D eigenvalue weighted by Crippen LogP contribution is 2.28. The number of likely N-dealkylation sites (tertiary alicyclic amines) is 1. The van der Waals surface area contributed by atoms with Crippen LogP contribution in [0.2, 0.25) is 0 Å². The lowest BCUT2D eigenvalue weighted by molar-refractivity contribution is 0.0187. The minimum atomic E-state index is -0.494. The summed E-state index contributed by atoms with van der Waals surface area (Å²) in [4.78, 5) is 21.1. The number of pyridine rings is 1. The molecule has 1 aromatic carbocycles. The Kier molecular flexibility index (Phi) is 8.37. The van der Waals surface area contributed by atoms with Crippen LogP contribution in [0.1, 0.15) is 52.9 Å². The molecule has 1 aromatic heterocycles. The lowest BCUT2D eigenvalue weighted by Crippen LogP contribution is -2.42. The molecule has 2 aromatic rings. The molecule has 0 bridgehead atoms. The SMILES string of the molecule is CC(C)(C)OC(=O)N1CCCC1COc1cncc(N2CCC(CCOc3ccccc3)CC2)c1. The summed E-state index contributed by atoms with van der Waals surface area (Å²) < 4.78 is 17.5. The molecule has 3 heterocycles. The summed E-state index contributed by atoms with van der Waals surface area (Å²) in [5.74, 6) is 2.38. The van der Waals surface area contributed by atoms with Crippen LogP contribution in [0.3, 0.4) is 0 Å². The third-order valence-corrected chi connectivity index (χ3v) is 6.66. The fraction of sp³-hybridized carbons (Fsp3) is 0.571. The molecule has 2 fully saturated rings. The number of amides is 1. The van der Waals surface area contributed by atoms with E-state index in [2.05, 4.69) is 16.0 Å². The molecule has 4 rings (SSSR count). The molecule has 7 heteroatoms. The molecular weight excluding hydrogens is 442 g/mol. The lowest BCUT2D eigenvalue weighted by Gasteiger charge is -2.33. The van der Waals surface area contributed by atoms with Gasteiger partial charge in [0.1, 0.15) is 23.7 Å². The first-order valence-corrected chi connectivity index (χ1v) is 12.9. The van der Waals surface area contributed by atoms with Crippen molar-refractivity contribution in [2.75, 3.05) is 37.7 Å². The Morgan fingerprint density at radius 1 is 1.00 bits per heavy atom. The fourth-order valence-electron chi connectivity index (χ4n) is 4.76. The number of hydrogen-bond donors (Lipinski definition) is 0. The van der Waals surface area contributed by atoms with Gasteiger partial charge in [0.05, 0.1) is 30.7 Å². The molecule has 0 aliphatic carbocycles. The van der Waals surface area contributed by atoms with Crippen molar-refractivity contribution in [3.63, 3.8) is 0 Å². The van der Waals surface area contributed by atoms with Crippen molar-refractivity contribution < 1.29 is 19.0 Å². The van der Waals surface area contributed by atoms with Gasteiger partial charge in [0.2, 0.25) is 0 Å². The zero-order chi connectivity index (χ0) is 24.7. The quantitative estimate of drug-likeness (QED) is 0.493. The van der Waals surface area contributed by atoms with Crippen molar-refractivity contribution in [3.8, 4) is 11.5 Å². The number of ether oxygens (including phenoxy) is 3. The van der Waals surface area contributed by atoms with E-state index in [-0.39, 0.29) is 12.1 Å². The first-order chi connectivity index (χ1) is 16.9. The van der Waals surface area contributed by atoms with Crippen LogP contribution in [0.5, 0.6) is 11.5 Å². The molecule has 0 N–H and O–H groups in total. The minimum absolute atomic E-state index is 0.0300. The molecule has 35 heavy (non-hydrogen) atoms. The van der Waals surface area contributed by atoms with Crippen LogP contribution >= 0.6 is 0 Å². The van der Waals surface area contributed by atoms with Gasteiger partial charge in [-0.3, -0.25) is 4.98 Å². The number of aromatic nitrogens is 1. The fourth-order valence-corrected chi connectivity index (χ4v) is 4.76.